The van der Waals surface area contributed by atoms with Crippen molar-refractivity contribution in [1.29, 1.82) is 5.26 Å². The maximum absolute atomic E-state index is 13.8. The molecular formula is C27H29F9N4O2. The predicted molar refractivity (Wildman–Crippen MR) is 135 cm³/mol. The van der Waals surface area contributed by atoms with Crippen molar-refractivity contribution in [2.75, 3.05) is 31.6 Å². The summed E-state index contributed by atoms with van der Waals surface area (Å²) in [5.74, 6) is -19.5. The average molecular weight is 613 g/mol. The van der Waals surface area contributed by atoms with Crippen LogP contribution in [0.15, 0.2) is 17.8 Å². The second-order valence-electron chi connectivity index (χ2n) is 10.7. The number of alkyl halides is 9. The van der Waals surface area contributed by atoms with Crippen LogP contribution in [0.1, 0.15) is 56.2 Å². The molecule has 0 radical (unpaired) electrons. The van der Waals surface area contributed by atoms with E-state index in [1.807, 2.05) is 43.9 Å². The van der Waals surface area contributed by atoms with Gasteiger partial charge in [-0.05, 0) is 61.9 Å². The fourth-order valence-corrected chi connectivity index (χ4v) is 4.77. The van der Waals surface area contributed by atoms with Crippen LogP contribution in [0.25, 0.3) is 10.9 Å². The molecule has 0 saturated heterocycles. The van der Waals surface area contributed by atoms with Gasteiger partial charge in [-0.2, -0.15) is 39.5 Å². The normalized spacial score (nSPS) is 17.7. The van der Waals surface area contributed by atoms with Crippen molar-refractivity contribution in [3.05, 3.63) is 45.9 Å². The monoisotopic (exact) mass is 612 g/mol. The molecule has 1 aromatic carbocycles. The second kappa shape index (κ2) is 11.9. The lowest BCUT2D eigenvalue weighted by atomic mass is 9.79. The smallest absolute Gasteiger partial charge is 0.448 e. The van der Waals surface area contributed by atoms with Crippen molar-refractivity contribution in [3.63, 3.8) is 0 Å². The van der Waals surface area contributed by atoms with Gasteiger partial charge in [0.05, 0.1) is 19.2 Å². The highest BCUT2D eigenvalue weighted by molar-refractivity contribution is 5.70. The molecule has 1 unspecified atom stereocenters. The highest BCUT2D eigenvalue weighted by Gasteiger charge is 2.81. The van der Waals surface area contributed by atoms with Crippen LogP contribution < -0.4 is 4.90 Å². The van der Waals surface area contributed by atoms with Crippen molar-refractivity contribution in [3.8, 4) is 6.07 Å². The lowest BCUT2D eigenvalue weighted by Crippen LogP contribution is -2.61. The first-order valence-electron chi connectivity index (χ1n) is 12.5. The summed E-state index contributed by atoms with van der Waals surface area (Å²) in [6.07, 6.45) is -8.25. The number of halogens is 9. The van der Waals surface area contributed by atoms with Crippen molar-refractivity contribution in [2.24, 2.45) is 0 Å². The Labute approximate surface area is 237 Å². The standard InChI is InChI=1S/C27H29F9N4O2/c1-16-11-21-20(13-18(16)12-19(15-37)38-5)17(2)14-23(3,4)40(21)9-10-42-22(41)39(6)8-7-24(28,29)25(30,31)26(32,33)27(34,35)36/h11-13,17H,7-10,14H2,1-4,6H3/b19-12+. The summed E-state index contributed by atoms with van der Waals surface area (Å²) in [7, 11) is 0.845. The Morgan fingerprint density at radius 2 is 1.79 bits per heavy atom. The maximum atomic E-state index is 13.8. The third-order valence-corrected chi connectivity index (χ3v) is 7.12. The molecule has 6 nitrogen and oxygen atoms in total. The first-order valence-corrected chi connectivity index (χ1v) is 12.5. The Bertz CT molecular complexity index is 1280. The minimum Gasteiger partial charge on any atom is -0.448 e. The first-order chi connectivity index (χ1) is 19.0. The summed E-state index contributed by atoms with van der Waals surface area (Å²) in [6, 6.07) is 5.52. The molecule has 0 fully saturated rings. The van der Waals surface area contributed by atoms with Crippen LogP contribution in [-0.2, 0) is 4.74 Å². The molecule has 0 spiro atoms. The summed E-state index contributed by atoms with van der Waals surface area (Å²) < 4.78 is 123. The van der Waals surface area contributed by atoms with E-state index >= 15 is 0 Å². The first kappa shape index (κ1) is 34.6. The zero-order valence-corrected chi connectivity index (χ0v) is 23.4. The van der Waals surface area contributed by atoms with Gasteiger partial charge in [0.25, 0.3) is 5.70 Å². The Balaban J connectivity index is 2.14. The number of nitrogens with zero attached hydrogens (tertiary/aromatic N) is 4. The number of rotatable bonds is 9. The van der Waals surface area contributed by atoms with E-state index in [9.17, 15) is 44.3 Å². The van der Waals surface area contributed by atoms with Gasteiger partial charge in [-0.3, -0.25) is 0 Å². The number of aryl methyl sites for hydroxylation is 1. The summed E-state index contributed by atoms with van der Waals surface area (Å²) in [5.41, 5.74) is 2.56. The average Bonchev–Trinajstić information content (AvgIpc) is 2.86. The highest BCUT2D eigenvalue weighted by atomic mass is 19.4. The minimum absolute atomic E-state index is 0.0654. The number of hydrogen-bond donors (Lipinski definition) is 0. The molecule has 1 aliphatic heterocycles. The number of nitriles is 1. The summed E-state index contributed by atoms with van der Waals surface area (Å²) in [5, 5.41) is 9.10. The van der Waals surface area contributed by atoms with Gasteiger partial charge in [0.2, 0.25) is 0 Å². The van der Waals surface area contributed by atoms with E-state index in [0.29, 0.717) is 16.9 Å². The lowest BCUT2D eigenvalue weighted by Gasteiger charge is -2.47. The topological polar surface area (TPSA) is 60.9 Å². The number of carbonyl (C=O) groups excluding carboxylic acids is 1. The number of benzene rings is 1. The Morgan fingerprint density at radius 1 is 1.19 bits per heavy atom. The van der Waals surface area contributed by atoms with Crippen molar-refractivity contribution in [2.45, 2.75) is 75.9 Å². The number of carbonyl (C=O) groups is 1. The molecule has 0 bridgehead atoms. The van der Waals surface area contributed by atoms with Gasteiger partial charge < -0.3 is 14.5 Å². The molecule has 2 rings (SSSR count). The highest BCUT2D eigenvalue weighted by Crippen LogP contribution is 2.54. The van der Waals surface area contributed by atoms with E-state index in [0.717, 1.165) is 23.9 Å². The Morgan fingerprint density at radius 3 is 2.31 bits per heavy atom. The van der Waals surface area contributed by atoms with Gasteiger partial charge in [0.1, 0.15) is 6.61 Å². The van der Waals surface area contributed by atoms with Gasteiger partial charge in [-0.15, -0.1) is 0 Å². The fourth-order valence-electron chi connectivity index (χ4n) is 4.77. The van der Waals surface area contributed by atoms with E-state index in [1.54, 1.807) is 6.92 Å². The van der Waals surface area contributed by atoms with Crippen molar-refractivity contribution in [1.82, 2.24) is 4.90 Å². The number of allylic oxidation sites excluding steroid dienone is 1. The molecule has 232 valence electrons. The van der Waals surface area contributed by atoms with Crippen LogP contribution in [0.5, 0.6) is 0 Å². The molecule has 0 N–H and O–H groups in total. The van der Waals surface area contributed by atoms with E-state index in [4.69, 9.17) is 16.6 Å². The van der Waals surface area contributed by atoms with Gasteiger partial charge in [-0.1, -0.05) is 13.0 Å². The minimum atomic E-state index is -7.00. The molecule has 1 aliphatic rings. The largest absolute Gasteiger partial charge is 0.460 e. The molecule has 1 aromatic rings. The van der Waals surface area contributed by atoms with Gasteiger partial charge in [0, 0.05) is 31.2 Å². The predicted octanol–water partition coefficient (Wildman–Crippen LogP) is 7.80. The van der Waals surface area contributed by atoms with Gasteiger partial charge in [-0.25, -0.2) is 14.9 Å². The van der Waals surface area contributed by atoms with E-state index < -0.39 is 48.5 Å². The van der Waals surface area contributed by atoms with Crippen LogP contribution in [0.2, 0.25) is 0 Å². The summed E-state index contributed by atoms with van der Waals surface area (Å²) in [4.78, 5) is 17.8. The van der Waals surface area contributed by atoms with Gasteiger partial charge >= 0.3 is 30.0 Å². The number of hydrogen-bond acceptors (Lipinski definition) is 4. The molecule has 0 saturated carbocycles. The quantitative estimate of drug-likeness (QED) is 0.162. The van der Waals surface area contributed by atoms with Crippen molar-refractivity contribution >= 4 is 17.9 Å². The van der Waals surface area contributed by atoms with Crippen LogP contribution >= 0.6 is 0 Å². The van der Waals surface area contributed by atoms with Crippen LogP contribution in [0, 0.1) is 24.8 Å². The second-order valence-corrected chi connectivity index (χ2v) is 10.7. The zero-order chi connectivity index (χ0) is 32.5. The van der Waals surface area contributed by atoms with Crippen LogP contribution in [0.3, 0.4) is 0 Å². The van der Waals surface area contributed by atoms with E-state index in [1.165, 1.54) is 6.08 Å². The maximum Gasteiger partial charge on any atom is 0.460 e. The molecule has 1 atom stereocenters. The molecular weight excluding hydrogens is 583 g/mol. The van der Waals surface area contributed by atoms with Crippen molar-refractivity contribution < 1.29 is 49.0 Å². The summed E-state index contributed by atoms with van der Waals surface area (Å²) >= 11 is 0. The Hall–Kier alpha value is -3.62. The molecule has 15 heteroatoms. The molecule has 42 heavy (non-hydrogen) atoms. The van der Waals surface area contributed by atoms with Crippen LogP contribution in [-0.4, -0.2) is 67.2 Å². The van der Waals surface area contributed by atoms with Crippen LogP contribution in [0.4, 0.5) is 50.0 Å². The number of fused-ring (bicyclic) bond motifs is 1. The third kappa shape index (κ3) is 6.71. The third-order valence-electron chi connectivity index (χ3n) is 7.12. The lowest BCUT2D eigenvalue weighted by molar-refractivity contribution is -0.396. The van der Waals surface area contributed by atoms with E-state index in [-0.39, 0.29) is 24.8 Å². The molecule has 0 aliphatic carbocycles. The number of amides is 1. The summed E-state index contributed by atoms with van der Waals surface area (Å²) in [6.45, 7) is 13.3. The fraction of sp³-hybridized carbons (Fsp3) is 0.593. The molecule has 1 heterocycles. The molecule has 0 aromatic heterocycles. The van der Waals surface area contributed by atoms with E-state index in [2.05, 4.69) is 4.85 Å². The SMILES string of the molecule is [C-]#[N+]/C(C#N)=C/c1cc2c(cc1C)N(CCOC(=O)N(C)CCC(F)(F)C(F)(F)C(F)(F)C(F)(F)F)C(C)(C)CC2C. The number of anilines is 1. The number of ether oxygens (including phenoxy) is 1. The van der Waals surface area contributed by atoms with Gasteiger partial charge in [0.15, 0.2) is 0 Å². The molecule has 1 amide bonds. The Kier molecular flexibility index (Phi) is 9.83. The zero-order valence-electron chi connectivity index (χ0n) is 23.4.